The Balaban J connectivity index is 1.86. The fraction of sp³-hybridized carbons (Fsp3) is 0.667. The van der Waals surface area contributed by atoms with Crippen molar-refractivity contribution in [2.24, 2.45) is 11.3 Å². The molecule has 0 aromatic heterocycles. The number of hydrogen-bond acceptors (Lipinski definition) is 3. The van der Waals surface area contributed by atoms with Crippen LogP contribution in [-0.4, -0.2) is 24.9 Å². The molecule has 3 unspecified atom stereocenters. The first kappa shape index (κ1) is 16.3. The molecule has 21 heavy (non-hydrogen) atoms. The quantitative estimate of drug-likeness (QED) is 0.892. The second-order valence-electron chi connectivity index (χ2n) is 7.16. The number of benzene rings is 1. The van der Waals surface area contributed by atoms with Gasteiger partial charge in [-0.1, -0.05) is 32.9 Å². The summed E-state index contributed by atoms with van der Waals surface area (Å²) in [6, 6.07) is 7.51. The summed E-state index contributed by atoms with van der Waals surface area (Å²) in [7, 11) is 1.64. The van der Waals surface area contributed by atoms with Crippen molar-refractivity contribution < 1.29 is 14.6 Å². The summed E-state index contributed by atoms with van der Waals surface area (Å²) in [6.07, 6.45) is 3.12. The summed E-state index contributed by atoms with van der Waals surface area (Å²) in [5.41, 5.74) is 1.21. The van der Waals surface area contributed by atoms with E-state index in [1.54, 1.807) is 7.11 Å². The van der Waals surface area contributed by atoms with Crippen LogP contribution < -0.4 is 4.74 Å². The highest BCUT2D eigenvalue weighted by Gasteiger charge is 2.32. The molecule has 3 atom stereocenters. The SMILES string of the molecule is COc1ccc(C(O)COC2CC(C)CC(C)(C)C2)cc1. The maximum absolute atomic E-state index is 10.2. The average molecular weight is 292 g/mol. The van der Waals surface area contributed by atoms with Gasteiger partial charge in [0, 0.05) is 0 Å². The molecule has 1 fully saturated rings. The Morgan fingerprint density at radius 3 is 2.48 bits per heavy atom. The Bertz CT molecular complexity index is 438. The Kier molecular flexibility index (Phi) is 5.28. The fourth-order valence-corrected chi connectivity index (χ4v) is 3.53. The number of rotatable bonds is 5. The lowest BCUT2D eigenvalue weighted by atomic mass is 9.71. The van der Waals surface area contributed by atoms with Gasteiger partial charge in [0.25, 0.3) is 0 Å². The maximum Gasteiger partial charge on any atom is 0.118 e. The lowest BCUT2D eigenvalue weighted by Gasteiger charge is -2.39. The molecule has 3 heteroatoms. The van der Waals surface area contributed by atoms with Gasteiger partial charge in [0.1, 0.15) is 11.9 Å². The topological polar surface area (TPSA) is 38.7 Å². The highest BCUT2D eigenvalue weighted by atomic mass is 16.5. The smallest absolute Gasteiger partial charge is 0.118 e. The lowest BCUT2D eigenvalue weighted by Crippen LogP contribution is -2.33. The second kappa shape index (κ2) is 6.80. The molecule has 1 aromatic rings. The highest BCUT2D eigenvalue weighted by molar-refractivity contribution is 5.28. The van der Waals surface area contributed by atoms with Gasteiger partial charge in [0.15, 0.2) is 0 Å². The molecule has 0 radical (unpaired) electrons. The molecule has 118 valence electrons. The fourth-order valence-electron chi connectivity index (χ4n) is 3.53. The molecule has 0 spiro atoms. The normalized spacial score (nSPS) is 26.3. The van der Waals surface area contributed by atoms with Crippen LogP contribution in [0.1, 0.15) is 51.7 Å². The number of hydrogen-bond donors (Lipinski definition) is 1. The van der Waals surface area contributed by atoms with Crippen molar-refractivity contribution in [3.63, 3.8) is 0 Å². The van der Waals surface area contributed by atoms with E-state index in [0.29, 0.717) is 17.9 Å². The molecular formula is C18H28O3. The van der Waals surface area contributed by atoms with Crippen molar-refractivity contribution in [1.82, 2.24) is 0 Å². The summed E-state index contributed by atoms with van der Waals surface area (Å²) >= 11 is 0. The Labute approximate surface area is 128 Å². The van der Waals surface area contributed by atoms with Crippen LogP contribution in [0.4, 0.5) is 0 Å². The summed E-state index contributed by atoms with van der Waals surface area (Å²) in [6.45, 7) is 7.26. The van der Waals surface area contributed by atoms with E-state index >= 15 is 0 Å². The second-order valence-corrected chi connectivity index (χ2v) is 7.16. The van der Waals surface area contributed by atoms with Crippen LogP contribution in [0.3, 0.4) is 0 Å². The van der Waals surface area contributed by atoms with Gasteiger partial charge in [0.05, 0.1) is 19.8 Å². The van der Waals surface area contributed by atoms with E-state index in [1.165, 1.54) is 6.42 Å². The minimum Gasteiger partial charge on any atom is -0.497 e. The molecule has 0 bridgehead atoms. The van der Waals surface area contributed by atoms with Crippen molar-refractivity contribution >= 4 is 0 Å². The summed E-state index contributed by atoms with van der Waals surface area (Å²) in [4.78, 5) is 0. The first-order valence-electron chi connectivity index (χ1n) is 7.83. The number of ether oxygens (including phenoxy) is 2. The van der Waals surface area contributed by atoms with E-state index in [2.05, 4.69) is 20.8 Å². The minimum absolute atomic E-state index is 0.261. The number of aliphatic hydroxyl groups is 1. The molecular weight excluding hydrogens is 264 g/mol. The van der Waals surface area contributed by atoms with Crippen molar-refractivity contribution in [2.45, 2.75) is 52.2 Å². The molecule has 1 aliphatic rings. The van der Waals surface area contributed by atoms with Crippen molar-refractivity contribution in [3.8, 4) is 5.75 Å². The molecule has 1 aliphatic carbocycles. The third-order valence-corrected chi connectivity index (χ3v) is 4.34. The molecule has 0 heterocycles. The molecule has 2 rings (SSSR count). The monoisotopic (exact) mass is 292 g/mol. The van der Waals surface area contributed by atoms with Gasteiger partial charge in [-0.05, 0) is 48.3 Å². The molecule has 1 N–H and O–H groups in total. The molecule has 3 nitrogen and oxygen atoms in total. The van der Waals surface area contributed by atoms with Gasteiger partial charge in [-0.3, -0.25) is 0 Å². The van der Waals surface area contributed by atoms with Crippen LogP contribution >= 0.6 is 0 Å². The summed E-state index contributed by atoms with van der Waals surface area (Å²) < 4.78 is 11.1. The van der Waals surface area contributed by atoms with Crippen molar-refractivity contribution in [1.29, 1.82) is 0 Å². The molecule has 0 saturated heterocycles. The van der Waals surface area contributed by atoms with Gasteiger partial charge in [0.2, 0.25) is 0 Å². The van der Waals surface area contributed by atoms with Gasteiger partial charge in [-0.15, -0.1) is 0 Å². The Morgan fingerprint density at radius 2 is 1.90 bits per heavy atom. The first-order chi connectivity index (χ1) is 9.89. The van der Waals surface area contributed by atoms with Crippen LogP contribution in [-0.2, 0) is 4.74 Å². The predicted octanol–water partition coefficient (Wildman–Crippen LogP) is 3.96. The van der Waals surface area contributed by atoms with E-state index in [-0.39, 0.29) is 6.10 Å². The van der Waals surface area contributed by atoms with E-state index in [4.69, 9.17) is 9.47 Å². The Hall–Kier alpha value is -1.06. The zero-order valence-electron chi connectivity index (χ0n) is 13.6. The lowest BCUT2D eigenvalue weighted by molar-refractivity contribution is -0.0564. The molecule has 1 aromatic carbocycles. The number of aliphatic hydroxyl groups excluding tert-OH is 1. The van der Waals surface area contributed by atoms with Gasteiger partial charge < -0.3 is 14.6 Å². The standard InChI is InChI=1S/C18H28O3/c1-13-9-16(11-18(2,3)10-13)21-12-17(19)14-5-7-15(20-4)8-6-14/h5-8,13,16-17,19H,9-12H2,1-4H3. The third kappa shape index (κ3) is 4.72. The van der Waals surface area contributed by atoms with E-state index in [0.717, 1.165) is 24.2 Å². The maximum atomic E-state index is 10.2. The summed E-state index contributed by atoms with van der Waals surface area (Å²) in [5, 5.41) is 10.2. The predicted molar refractivity (Wildman–Crippen MR) is 84.5 cm³/mol. The average Bonchev–Trinajstić information content (AvgIpc) is 2.43. The van der Waals surface area contributed by atoms with Crippen LogP contribution in [0.2, 0.25) is 0 Å². The van der Waals surface area contributed by atoms with Crippen LogP contribution in [0.25, 0.3) is 0 Å². The first-order valence-corrected chi connectivity index (χ1v) is 7.83. The highest BCUT2D eigenvalue weighted by Crippen LogP contribution is 2.39. The third-order valence-electron chi connectivity index (χ3n) is 4.34. The van der Waals surface area contributed by atoms with Gasteiger partial charge in [-0.2, -0.15) is 0 Å². The van der Waals surface area contributed by atoms with Crippen LogP contribution in [0.5, 0.6) is 5.75 Å². The zero-order chi connectivity index (χ0) is 15.5. The van der Waals surface area contributed by atoms with E-state index in [9.17, 15) is 5.11 Å². The van der Waals surface area contributed by atoms with Crippen LogP contribution in [0, 0.1) is 11.3 Å². The largest absolute Gasteiger partial charge is 0.497 e. The van der Waals surface area contributed by atoms with E-state index in [1.807, 2.05) is 24.3 Å². The molecule has 1 saturated carbocycles. The zero-order valence-corrected chi connectivity index (χ0v) is 13.6. The van der Waals surface area contributed by atoms with Crippen molar-refractivity contribution in [2.75, 3.05) is 13.7 Å². The van der Waals surface area contributed by atoms with Crippen molar-refractivity contribution in [3.05, 3.63) is 29.8 Å². The molecule has 0 aliphatic heterocycles. The van der Waals surface area contributed by atoms with E-state index < -0.39 is 6.10 Å². The molecule has 0 amide bonds. The minimum atomic E-state index is -0.573. The summed E-state index contributed by atoms with van der Waals surface area (Å²) in [5.74, 6) is 1.49. The van der Waals surface area contributed by atoms with Crippen LogP contribution in [0.15, 0.2) is 24.3 Å². The number of methoxy groups -OCH3 is 1. The van der Waals surface area contributed by atoms with Gasteiger partial charge >= 0.3 is 0 Å². The Morgan fingerprint density at radius 1 is 1.24 bits per heavy atom. The van der Waals surface area contributed by atoms with Gasteiger partial charge in [-0.25, -0.2) is 0 Å².